The third-order valence-corrected chi connectivity index (χ3v) is 1.39. The molecule has 0 atom stereocenters. The zero-order valence-corrected chi connectivity index (χ0v) is 8.30. The van der Waals surface area contributed by atoms with E-state index in [-0.39, 0.29) is 11.4 Å². The molecule has 0 bridgehead atoms. The van der Waals surface area contributed by atoms with Gasteiger partial charge in [-0.05, 0) is 27.7 Å². The van der Waals surface area contributed by atoms with Crippen molar-refractivity contribution < 1.29 is 4.79 Å². The van der Waals surface area contributed by atoms with Gasteiger partial charge in [0.15, 0.2) is 5.71 Å². The topological polar surface area (TPSA) is 65.8 Å². The molecule has 5 nitrogen and oxygen atoms in total. The van der Waals surface area contributed by atoms with Crippen molar-refractivity contribution in [3.63, 3.8) is 0 Å². The fraction of sp³-hybridized carbons (Fsp3) is 0.625. The van der Waals surface area contributed by atoms with Crippen LogP contribution in [-0.2, 0) is 4.79 Å². The number of amides is 1. The summed E-state index contributed by atoms with van der Waals surface area (Å²) in [6.07, 6.45) is 0. The summed E-state index contributed by atoms with van der Waals surface area (Å²) in [6.45, 7) is 7.64. The zero-order valence-electron chi connectivity index (χ0n) is 8.30. The van der Waals surface area contributed by atoms with Crippen LogP contribution in [0.25, 0.3) is 0 Å². The summed E-state index contributed by atoms with van der Waals surface area (Å²) in [4.78, 5) is 11.1. The van der Waals surface area contributed by atoms with Gasteiger partial charge >= 0.3 is 0 Å². The van der Waals surface area contributed by atoms with E-state index in [4.69, 9.17) is 0 Å². The second-order valence-corrected chi connectivity index (χ2v) is 3.96. The maximum absolute atomic E-state index is 11.1. The smallest absolute Gasteiger partial charge is 0.293 e. The molecular formula is C8H14N4O. The lowest BCUT2D eigenvalue weighted by molar-refractivity contribution is -0.114. The van der Waals surface area contributed by atoms with Gasteiger partial charge in [0.2, 0.25) is 0 Å². The Kier molecular flexibility index (Phi) is 2.36. The van der Waals surface area contributed by atoms with E-state index in [0.717, 1.165) is 0 Å². The minimum Gasteiger partial charge on any atom is -0.304 e. The van der Waals surface area contributed by atoms with Crippen molar-refractivity contribution in [1.82, 2.24) is 10.9 Å². The maximum atomic E-state index is 11.1. The molecule has 13 heavy (non-hydrogen) atoms. The lowest BCUT2D eigenvalue weighted by Gasteiger charge is -2.17. The number of nitrogens with one attached hydrogen (secondary N) is 2. The first-order valence-corrected chi connectivity index (χ1v) is 4.10. The summed E-state index contributed by atoms with van der Waals surface area (Å²) in [5.41, 5.74) is 6.03. The summed E-state index contributed by atoms with van der Waals surface area (Å²) in [6, 6.07) is 0. The van der Waals surface area contributed by atoms with Gasteiger partial charge in [0.1, 0.15) is 0 Å². The summed E-state index contributed by atoms with van der Waals surface area (Å²) in [5.74, 6) is -0.255. The molecule has 72 valence electrons. The number of hydrogen-bond donors (Lipinski definition) is 2. The predicted molar refractivity (Wildman–Crippen MR) is 51.6 cm³/mol. The van der Waals surface area contributed by atoms with Gasteiger partial charge in [-0.1, -0.05) is 0 Å². The van der Waals surface area contributed by atoms with Crippen molar-refractivity contribution in [2.75, 3.05) is 0 Å². The van der Waals surface area contributed by atoms with Gasteiger partial charge in [0, 0.05) is 5.54 Å². The van der Waals surface area contributed by atoms with Gasteiger partial charge < -0.3 is 5.43 Å². The average molecular weight is 182 g/mol. The van der Waals surface area contributed by atoms with E-state index in [1.807, 2.05) is 20.8 Å². The number of hydrogen-bond acceptors (Lipinski definition) is 4. The van der Waals surface area contributed by atoms with Crippen LogP contribution in [0.15, 0.2) is 10.2 Å². The lowest BCUT2D eigenvalue weighted by Crippen LogP contribution is -2.34. The molecule has 0 spiro atoms. The normalized spacial score (nSPS) is 20.2. The number of carbonyl (C=O) groups is 1. The second kappa shape index (κ2) is 3.16. The highest BCUT2D eigenvalue weighted by Gasteiger charge is 2.21. The summed E-state index contributed by atoms with van der Waals surface area (Å²) >= 11 is 0. The molecular weight excluding hydrogens is 168 g/mol. The molecule has 1 heterocycles. The fourth-order valence-electron chi connectivity index (χ4n) is 0.760. The van der Waals surface area contributed by atoms with E-state index in [0.29, 0.717) is 11.4 Å². The fourth-order valence-corrected chi connectivity index (χ4v) is 0.760. The zero-order chi connectivity index (χ0) is 10.1. The monoisotopic (exact) mass is 182 g/mol. The molecule has 0 unspecified atom stereocenters. The Morgan fingerprint density at radius 2 is 2.08 bits per heavy atom. The maximum Gasteiger partial charge on any atom is 0.293 e. The van der Waals surface area contributed by atoms with Gasteiger partial charge in [-0.15, -0.1) is 0 Å². The van der Waals surface area contributed by atoms with Gasteiger partial charge in [0.05, 0.1) is 5.71 Å². The van der Waals surface area contributed by atoms with E-state index >= 15 is 0 Å². The summed E-state index contributed by atoms with van der Waals surface area (Å²) in [5, 5.41) is 7.73. The standard InChI is InChI=1S/C8H14N4O/c1-5-6(7(13)11-9-5)10-12-8(2,3)4/h12H,1-4H3,(H,10,11,13). The Bertz CT molecular complexity index is 285. The molecule has 1 aliphatic rings. The van der Waals surface area contributed by atoms with Gasteiger partial charge in [-0.2, -0.15) is 10.2 Å². The second-order valence-electron chi connectivity index (χ2n) is 3.96. The van der Waals surface area contributed by atoms with Crippen LogP contribution in [-0.4, -0.2) is 22.9 Å². The Labute approximate surface area is 77.3 Å². The first-order valence-electron chi connectivity index (χ1n) is 4.10. The van der Waals surface area contributed by atoms with Crippen molar-refractivity contribution in [1.29, 1.82) is 0 Å². The molecule has 0 aliphatic carbocycles. The van der Waals surface area contributed by atoms with Crippen molar-refractivity contribution in [2.45, 2.75) is 33.2 Å². The molecule has 5 heteroatoms. The van der Waals surface area contributed by atoms with E-state index in [9.17, 15) is 4.79 Å². The number of hydrazone groups is 2. The van der Waals surface area contributed by atoms with Gasteiger partial charge in [-0.3, -0.25) is 4.79 Å². The molecule has 0 aromatic heterocycles. The van der Waals surface area contributed by atoms with Crippen LogP contribution in [0.1, 0.15) is 27.7 Å². The van der Waals surface area contributed by atoms with E-state index in [2.05, 4.69) is 21.1 Å². The molecule has 0 saturated heterocycles. The van der Waals surface area contributed by atoms with Crippen molar-refractivity contribution in [2.24, 2.45) is 10.2 Å². The molecule has 2 N–H and O–H groups in total. The molecule has 0 saturated carbocycles. The Morgan fingerprint density at radius 1 is 1.46 bits per heavy atom. The van der Waals surface area contributed by atoms with Gasteiger partial charge in [0.25, 0.3) is 5.91 Å². The number of nitrogens with zero attached hydrogens (tertiary/aromatic N) is 2. The Balaban J connectivity index is 2.71. The number of rotatable bonds is 1. The van der Waals surface area contributed by atoms with E-state index in [1.165, 1.54) is 0 Å². The minimum atomic E-state index is -0.255. The van der Waals surface area contributed by atoms with Crippen LogP contribution in [0.4, 0.5) is 0 Å². The molecule has 0 aromatic carbocycles. The summed E-state index contributed by atoms with van der Waals surface area (Å²) < 4.78 is 0. The van der Waals surface area contributed by atoms with Gasteiger partial charge in [-0.25, -0.2) is 5.43 Å². The molecule has 1 aliphatic heterocycles. The van der Waals surface area contributed by atoms with Crippen LogP contribution in [0, 0.1) is 0 Å². The molecule has 1 amide bonds. The van der Waals surface area contributed by atoms with E-state index in [1.54, 1.807) is 6.92 Å². The molecule has 1 rings (SSSR count). The Morgan fingerprint density at radius 3 is 2.46 bits per heavy atom. The molecule has 0 radical (unpaired) electrons. The third-order valence-electron chi connectivity index (χ3n) is 1.39. The minimum absolute atomic E-state index is 0.143. The van der Waals surface area contributed by atoms with E-state index < -0.39 is 0 Å². The largest absolute Gasteiger partial charge is 0.304 e. The first-order chi connectivity index (χ1) is 5.90. The van der Waals surface area contributed by atoms with Crippen molar-refractivity contribution >= 4 is 17.3 Å². The molecule has 0 aromatic rings. The van der Waals surface area contributed by atoms with Crippen LogP contribution in [0.3, 0.4) is 0 Å². The third kappa shape index (κ3) is 2.54. The number of carbonyl (C=O) groups excluding carboxylic acids is 1. The SMILES string of the molecule is CC1=NNC(=O)/C1=N\NC(C)(C)C. The molecule has 0 fully saturated rings. The van der Waals surface area contributed by atoms with Crippen LogP contribution >= 0.6 is 0 Å². The predicted octanol–water partition coefficient (Wildman–Crippen LogP) is 0.236. The highest BCUT2D eigenvalue weighted by atomic mass is 16.2. The quantitative estimate of drug-likeness (QED) is 0.570. The van der Waals surface area contributed by atoms with Crippen LogP contribution in [0.5, 0.6) is 0 Å². The van der Waals surface area contributed by atoms with Crippen molar-refractivity contribution in [3.05, 3.63) is 0 Å². The first kappa shape index (κ1) is 9.70. The van der Waals surface area contributed by atoms with Crippen LogP contribution in [0.2, 0.25) is 0 Å². The lowest BCUT2D eigenvalue weighted by atomic mass is 10.1. The summed E-state index contributed by atoms with van der Waals surface area (Å²) in [7, 11) is 0. The van der Waals surface area contributed by atoms with Crippen LogP contribution < -0.4 is 10.9 Å². The van der Waals surface area contributed by atoms with Crippen molar-refractivity contribution in [3.8, 4) is 0 Å². The highest BCUT2D eigenvalue weighted by Crippen LogP contribution is 1.99. The highest BCUT2D eigenvalue weighted by molar-refractivity contribution is 6.68. The Hall–Kier alpha value is -1.39. The average Bonchev–Trinajstić information content (AvgIpc) is 2.27.